The van der Waals surface area contributed by atoms with E-state index in [-0.39, 0.29) is 47.6 Å². The smallest absolute Gasteiger partial charge is 0.329 e. The number of rotatable bonds is 14. The van der Waals surface area contributed by atoms with E-state index in [1.165, 1.54) is 65.1 Å². The summed E-state index contributed by atoms with van der Waals surface area (Å²) >= 11 is 0. The van der Waals surface area contributed by atoms with E-state index in [0.29, 0.717) is 41.7 Å². The molecule has 3 saturated carbocycles. The summed E-state index contributed by atoms with van der Waals surface area (Å²) in [6.07, 6.45) is 13.0. The van der Waals surface area contributed by atoms with Crippen molar-refractivity contribution in [2.45, 2.75) is 127 Å². The van der Waals surface area contributed by atoms with Crippen molar-refractivity contribution in [2.24, 2.45) is 24.3 Å². The molecule has 0 spiro atoms. The number of hydrogen-bond donors (Lipinski definition) is 2. The summed E-state index contributed by atoms with van der Waals surface area (Å²) in [6, 6.07) is 26.0. The molecule has 374 valence electrons. The van der Waals surface area contributed by atoms with Gasteiger partial charge in [-0.1, -0.05) is 54.6 Å². The first-order valence-electron chi connectivity index (χ1n) is 26.7. The maximum absolute atomic E-state index is 13.6. The Morgan fingerprint density at radius 2 is 1.54 bits per heavy atom. The van der Waals surface area contributed by atoms with Crippen LogP contribution < -0.4 is 16.3 Å². The number of fused-ring (bicyclic) bond motifs is 2. The number of likely N-dealkylation sites (tertiary alicyclic amines) is 3. The van der Waals surface area contributed by atoms with Crippen LogP contribution in [-0.4, -0.2) is 93.3 Å². The van der Waals surface area contributed by atoms with Crippen LogP contribution in [0.15, 0.2) is 83.7 Å². The molecular formula is C58H70FN7O5. The number of unbranched alkanes of at least 4 members (excludes halogenated alkanes) is 1. The molecule has 4 aliphatic heterocycles. The standard InChI is InChI=1S/C58H70FN7O5/c1-38(64-28-21-41(22-29-64)54(69)60-34-39-8-7-9-44(59)32-39)45-14-15-48(47-11-4-3-10-46(45)47)58-35-57(36-58,37-58)43-23-26-63(27-24-43)25-6-5-12-53(68)65-30-19-40(20-31-65)42-13-16-49-51(33-42)62(2)56(71)66(49)50-17-18-52(67)61-55(50)70/h3-4,7-11,13-16,32-33,38,40-41,43,50H,5-6,12,17-31,34-37H2,1-2H3,(H,60,69)(H,61,67,70). The number of benzene rings is 4. The maximum atomic E-state index is 13.6. The molecule has 4 amide bonds. The van der Waals surface area contributed by atoms with Crippen LogP contribution in [0.5, 0.6) is 0 Å². The largest absolute Gasteiger partial charge is 0.352 e. The molecule has 1 aromatic heterocycles. The van der Waals surface area contributed by atoms with E-state index in [9.17, 15) is 28.4 Å². The molecule has 3 aliphatic carbocycles. The summed E-state index contributed by atoms with van der Waals surface area (Å²) in [7, 11) is 1.73. The molecule has 2 unspecified atom stereocenters. The molecule has 12 nitrogen and oxygen atoms in total. The van der Waals surface area contributed by atoms with Crippen molar-refractivity contribution in [1.82, 2.24) is 34.5 Å². The van der Waals surface area contributed by atoms with Crippen LogP contribution in [0, 0.1) is 23.1 Å². The van der Waals surface area contributed by atoms with E-state index in [2.05, 4.69) is 75.9 Å². The second kappa shape index (κ2) is 19.4. The SMILES string of the molecule is CC(c1ccc(C23CC(C4CCN(CCCCC(=O)N5CCC(c6ccc7c(c6)n(C)c(=O)n7C6CCC(=O)NC6=O)CC5)CC4)(C2)C3)c2ccccc12)N1CCC(C(=O)NCc2cccc(F)c2)CC1. The zero-order chi connectivity index (χ0) is 49.0. The van der Waals surface area contributed by atoms with Crippen LogP contribution in [0.4, 0.5) is 4.39 Å². The fourth-order valence-electron chi connectivity index (χ4n) is 14.3. The van der Waals surface area contributed by atoms with Gasteiger partial charge in [0.25, 0.3) is 0 Å². The number of piperidine rings is 4. The van der Waals surface area contributed by atoms with Crippen molar-refractivity contribution in [2.75, 3.05) is 45.8 Å². The van der Waals surface area contributed by atoms with Crippen LogP contribution >= 0.6 is 0 Å². The Bertz CT molecular complexity index is 2900. The molecule has 7 fully saturated rings. The number of imide groups is 1. The van der Waals surface area contributed by atoms with Crippen molar-refractivity contribution in [3.63, 3.8) is 0 Å². The first-order valence-corrected chi connectivity index (χ1v) is 26.7. The summed E-state index contributed by atoms with van der Waals surface area (Å²) in [5.74, 6) is 0.397. The highest BCUT2D eigenvalue weighted by atomic mass is 19.1. The van der Waals surface area contributed by atoms with Gasteiger partial charge in [-0.05, 0) is 197 Å². The number of nitrogens with zero attached hydrogens (tertiary/aromatic N) is 5. The number of carbonyl (C=O) groups excluding carboxylic acids is 4. The monoisotopic (exact) mass is 964 g/mol. The Kier molecular flexibility index (Phi) is 13.0. The Morgan fingerprint density at radius 3 is 2.27 bits per heavy atom. The van der Waals surface area contributed by atoms with Gasteiger partial charge in [0.1, 0.15) is 11.9 Å². The third-order valence-corrected chi connectivity index (χ3v) is 18.4. The highest BCUT2D eigenvalue weighted by Crippen LogP contribution is 2.78. The molecule has 7 aliphatic rings. The fraction of sp³-hybridized carbons (Fsp3) is 0.534. The quantitative estimate of drug-likeness (QED) is 0.0846. The van der Waals surface area contributed by atoms with Gasteiger partial charge in [0.05, 0.1) is 11.0 Å². The molecule has 2 N–H and O–H groups in total. The lowest BCUT2D eigenvalue weighted by atomic mass is 9.30. The average molecular weight is 964 g/mol. The second-order valence-corrected chi connectivity index (χ2v) is 22.4. The van der Waals surface area contributed by atoms with Gasteiger partial charge in [0, 0.05) is 51.5 Å². The number of aromatic nitrogens is 2. The van der Waals surface area contributed by atoms with Gasteiger partial charge in [-0.2, -0.15) is 0 Å². The first-order chi connectivity index (χ1) is 34.4. The van der Waals surface area contributed by atoms with Gasteiger partial charge >= 0.3 is 5.69 Å². The Labute approximate surface area is 416 Å². The normalized spacial score (nSPS) is 25.2. The summed E-state index contributed by atoms with van der Waals surface area (Å²) in [4.78, 5) is 71.2. The number of halogens is 1. The molecule has 13 heteroatoms. The number of amides is 4. The minimum Gasteiger partial charge on any atom is -0.352 e. The van der Waals surface area contributed by atoms with Crippen LogP contribution in [0.25, 0.3) is 21.8 Å². The average Bonchev–Trinajstić information content (AvgIpc) is 3.61. The van der Waals surface area contributed by atoms with Crippen molar-refractivity contribution < 1.29 is 23.6 Å². The summed E-state index contributed by atoms with van der Waals surface area (Å²) in [6.45, 7) is 9.30. The van der Waals surface area contributed by atoms with E-state index in [1.807, 2.05) is 17.0 Å². The first kappa shape index (κ1) is 47.7. The topological polar surface area (TPSA) is 129 Å². The molecule has 71 heavy (non-hydrogen) atoms. The molecule has 2 atom stereocenters. The minimum absolute atomic E-state index is 0.0184. The van der Waals surface area contributed by atoms with Crippen molar-refractivity contribution >= 4 is 45.4 Å². The lowest BCUT2D eigenvalue weighted by molar-refractivity contribution is -0.190. The number of hydrogen-bond acceptors (Lipinski definition) is 7. The van der Waals surface area contributed by atoms with E-state index in [1.54, 1.807) is 23.2 Å². The highest BCUT2D eigenvalue weighted by molar-refractivity contribution is 6.00. The van der Waals surface area contributed by atoms with Crippen LogP contribution in [0.2, 0.25) is 0 Å². The third kappa shape index (κ3) is 9.04. The molecule has 0 radical (unpaired) electrons. The van der Waals surface area contributed by atoms with Gasteiger partial charge < -0.3 is 15.1 Å². The van der Waals surface area contributed by atoms with Gasteiger partial charge in [-0.3, -0.25) is 38.5 Å². The Balaban J connectivity index is 0.606. The Morgan fingerprint density at radius 1 is 0.789 bits per heavy atom. The summed E-state index contributed by atoms with van der Waals surface area (Å²) in [5, 5.41) is 8.21. The number of aryl methyl sites for hydroxylation is 1. The van der Waals surface area contributed by atoms with Crippen LogP contribution in [0.1, 0.15) is 137 Å². The van der Waals surface area contributed by atoms with E-state index < -0.39 is 11.9 Å². The van der Waals surface area contributed by atoms with E-state index in [0.717, 1.165) is 107 Å². The molecular weight excluding hydrogens is 894 g/mol. The lowest BCUT2D eigenvalue weighted by Crippen LogP contribution is -2.68. The van der Waals surface area contributed by atoms with Gasteiger partial charge in [0.2, 0.25) is 23.6 Å². The minimum atomic E-state index is -0.697. The van der Waals surface area contributed by atoms with E-state index >= 15 is 0 Å². The number of nitrogens with one attached hydrogen (secondary N) is 2. The van der Waals surface area contributed by atoms with Crippen molar-refractivity contribution in [1.29, 1.82) is 0 Å². The van der Waals surface area contributed by atoms with E-state index in [4.69, 9.17) is 0 Å². The predicted octanol–water partition coefficient (Wildman–Crippen LogP) is 8.41. The number of imidazole rings is 1. The molecule has 2 bridgehead atoms. The van der Waals surface area contributed by atoms with Crippen LogP contribution in [-0.2, 0) is 38.2 Å². The second-order valence-electron chi connectivity index (χ2n) is 22.4. The van der Waals surface area contributed by atoms with Crippen molar-refractivity contribution in [3.05, 3.63) is 117 Å². The molecule has 4 aromatic carbocycles. The zero-order valence-corrected chi connectivity index (χ0v) is 41.6. The van der Waals surface area contributed by atoms with Crippen molar-refractivity contribution in [3.8, 4) is 0 Å². The fourth-order valence-corrected chi connectivity index (χ4v) is 14.3. The molecule has 4 saturated heterocycles. The van der Waals surface area contributed by atoms with Gasteiger partial charge in [0.15, 0.2) is 0 Å². The molecule has 5 heterocycles. The Hall–Kier alpha value is -5.66. The van der Waals surface area contributed by atoms with Crippen LogP contribution in [0.3, 0.4) is 0 Å². The summed E-state index contributed by atoms with van der Waals surface area (Å²) < 4.78 is 16.8. The van der Waals surface area contributed by atoms with Gasteiger partial charge in [-0.15, -0.1) is 0 Å². The lowest BCUT2D eigenvalue weighted by Gasteiger charge is -2.75. The highest BCUT2D eigenvalue weighted by Gasteiger charge is 2.70. The molecule has 5 aromatic rings. The molecule has 12 rings (SSSR count). The maximum Gasteiger partial charge on any atom is 0.329 e. The predicted molar refractivity (Wildman–Crippen MR) is 273 cm³/mol. The van der Waals surface area contributed by atoms with Gasteiger partial charge in [-0.25, -0.2) is 9.18 Å². The zero-order valence-electron chi connectivity index (χ0n) is 41.6. The number of carbonyl (C=O) groups is 4. The third-order valence-electron chi connectivity index (χ3n) is 18.4. The summed E-state index contributed by atoms with van der Waals surface area (Å²) in [5.41, 5.74) is 6.89.